The molecule has 0 unspecified atom stereocenters. The number of fused-ring (bicyclic) bond motifs is 1. The Hall–Kier alpha value is -2.83. The van der Waals surface area contributed by atoms with Crippen LogP contribution in [0.1, 0.15) is 5.82 Å². The van der Waals surface area contributed by atoms with Crippen molar-refractivity contribution in [3.63, 3.8) is 0 Å². The molecule has 0 saturated carbocycles. The minimum atomic E-state index is -4.61. The average molecular weight is 318 g/mol. The first-order valence-electron chi connectivity index (χ1n) is 6.79. The molecule has 118 valence electrons. The van der Waals surface area contributed by atoms with E-state index in [9.17, 15) is 13.2 Å². The van der Waals surface area contributed by atoms with Crippen molar-refractivity contribution >= 4 is 28.1 Å². The normalized spacial score (nSPS) is 11.7. The van der Waals surface area contributed by atoms with E-state index in [4.69, 9.17) is 5.73 Å². The number of nitrogens with zero attached hydrogens (tertiary/aromatic N) is 3. The first-order valence-corrected chi connectivity index (χ1v) is 6.79. The van der Waals surface area contributed by atoms with E-state index in [1.807, 2.05) is 0 Å². The van der Waals surface area contributed by atoms with Crippen LogP contribution >= 0.6 is 0 Å². The summed E-state index contributed by atoms with van der Waals surface area (Å²) < 4.78 is 39.2. The molecule has 0 amide bonds. The third-order valence-electron chi connectivity index (χ3n) is 3.43. The number of hydrogen-bond acceptors (Lipinski definition) is 4. The van der Waals surface area contributed by atoms with Gasteiger partial charge in [-0.3, -0.25) is 0 Å². The highest BCUT2D eigenvalue weighted by atomic mass is 19.4. The number of para-hydroxylation sites is 1. The Kier molecular flexibility index (Phi) is 3.55. The number of alkyl halides is 3. The van der Waals surface area contributed by atoms with E-state index in [1.54, 1.807) is 54.4 Å². The van der Waals surface area contributed by atoms with Crippen molar-refractivity contribution in [2.75, 3.05) is 17.7 Å². The zero-order chi connectivity index (χ0) is 16.6. The van der Waals surface area contributed by atoms with Gasteiger partial charge in [-0.25, -0.2) is 9.97 Å². The Morgan fingerprint density at radius 2 is 1.61 bits per heavy atom. The number of nitrogen functional groups attached to an aromatic ring is 1. The van der Waals surface area contributed by atoms with Crippen LogP contribution in [0.3, 0.4) is 0 Å². The van der Waals surface area contributed by atoms with Gasteiger partial charge in [0.2, 0.25) is 5.82 Å². The third-order valence-corrected chi connectivity index (χ3v) is 3.43. The zero-order valence-electron chi connectivity index (χ0n) is 12.2. The Bertz CT molecular complexity index is 844. The molecule has 7 heteroatoms. The van der Waals surface area contributed by atoms with Gasteiger partial charge in [-0.15, -0.1) is 0 Å². The number of anilines is 3. The van der Waals surface area contributed by atoms with E-state index in [-0.39, 0.29) is 11.3 Å². The molecule has 0 fully saturated rings. The van der Waals surface area contributed by atoms with Crippen LogP contribution in [0.2, 0.25) is 0 Å². The van der Waals surface area contributed by atoms with Crippen molar-refractivity contribution in [2.24, 2.45) is 0 Å². The molecule has 0 spiro atoms. The maximum absolute atomic E-state index is 13.1. The summed E-state index contributed by atoms with van der Waals surface area (Å²) in [5.41, 5.74) is 7.14. The molecule has 1 heterocycles. The summed E-state index contributed by atoms with van der Waals surface area (Å²) in [7, 11) is 1.65. The molecule has 4 nitrogen and oxygen atoms in total. The van der Waals surface area contributed by atoms with Crippen LogP contribution in [0.4, 0.5) is 30.4 Å². The van der Waals surface area contributed by atoms with E-state index in [0.717, 1.165) is 0 Å². The Morgan fingerprint density at radius 3 is 2.26 bits per heavy atom. The fourth-order valence-electron chi connectivity index (χ4n) is 2.26. The van der Waals surface area contributed by atoms with Gasteiger partial charge in [-0.05, 0) is 36.4 Å². The van der Waals surface area contributed by atoms with Crippen LogP contribution < -0.4 is 10.6 Å². The molecule has 0 aliphatic rings. The monoisotopic (exact) mass is 318 g/mol. The Labute approximate surface area is 130 Å². The number of hydrogen-bond donors (Lipinski definition) is 1. The van der Waals surface area contributed by atoms with Crippen LogP contribution in [-0.2, 0) is 6.18 Å². The zero-order valence-corrected chi connectivity index (χ0v) is 12.2. The molecule has 3 aromatic rings. The summed E-state index contributed by atoms with van der Waals surface area (Å²) in [4.78, 5) is 8.93. The summed E-state index contributed by atoms with van der Waals surface area (Å²) >= 11 is 0. The minimum Gasteiger partial charge on any atom is -0.399 e. The van der Waals surface area contributed by atoms with Gasteiger partial charge in [-0.1, -0.05) is 12.1 Å². The fourth-order valence-corrected chi connectivity index (χ4v) is 2.26. The number of halogens is 3. The molecule has 0 radical (unpaired) electrons. The molecular weight excluding hydrogens is 305 g/mol. The molecule has 2 N–H and O–H groups in total. The third kappa shape index (κ3) is 2.90. The van der Waals surface area contributed by atoms with Gasteiger partial charge >= 0.3 is 6.18 Å². The summed E-state index contributed by atoms with van der Waals surface area (Å²) in [5.74, 6) is -0.971. The molecule has 3 rings (SSSR count). The largest absolute Gasteiger partial charge is 0.451 e. The Balaban J connectivity index is 2.20. The fraction of sp³-hybridized carbons (Fsp3) is 0.125. The van der Waals surface area contributed by atoms with Crippen LogP contribution in [-0.4, -0.2) is 17.0 Å². The van der Waals surface area contributed by atoms with Gasteiger partial charge in [0.25, 0.3) is 0 Å². The lowest BCUT2D eigenvalue weighted by Gasteiger charge is -2.21. The van der Waals surface area contributed by atoms with E-state index in [2.05, 4.69) is 9.97 Å². The quantitative estimate of drug-likeness (QED) is 0.726. The van der Waals surface area contributed by atoms with Crippen molar-refractivity contribution in [1.82, 2.24) is 9.97 Å². The highest BCUT2D eigenvalue weighted by Crippen LogP contribution is 2.33. The van der Waals surface area contributed by atoms with E-state index in [1.165, 1.54) is 6.07 Å². The number of benzene rings is 2. The second-order valence-electron chi connectivity index (χ2n) is 5.04. The van der Waals surface area contributed by atoms with Gasteiger partial charge in [0.1, 0.15) is 5.82 Å². The molecule has 0 aliphatic carbocycles. The van der Waals surface area contributed by atoms with Crippen LogP contribution in [0.25, 0.3) is 10.9 Å². The Morgan fingerprint density at radius 1 is 0.957 bits per heavy atom. The lowest BCUT2D eigenvalue weighted by Crippen LogP contribution is -2.17. The summed E-state index contributed by atoms with van der Waals surface area (Å²) in [5, 5.41) is 0.542. The highest BCUT2D eigenvalue weighted by molar-refractivity contribution is 5.91. The van der Waals surface area contributed by atoms with Crippen molar-refractivity contribution in [3.05, 3.63) is 54.4 Å². The van der Waals surface area contributed by atoms with Crippen molar-refractivity contribution < 1.29 is 13.2 Å². The summed E-state index contributed by atoms with van der Waals surface area (Å²) in [6.07, 6.45) is -4.61. The lowest BCUT2D eigenvalue weighted by atomic mass is 10.2. The highest BCUT2D eigenvalue weighted by Gasteiger charge is 2.36. The molecular formula is C16H13F3N4. The van der Waals surface area contributed by atoms with E-state index in [0.29, 0.717) is 16.8 Å². The van der Waals surface area contributed by atoms with Crippen molar-refractivity contribution in [2.45, 2.75) is 6.18 Å². The van der Waals surface area contributed by atoms with E-state index >= 15 is 0 Å². The van der Waals surface area contributed by atoms with Crippen LogP contribution in [0.15, 0.2) is 48.5 Å². The standard InChI is InChI=1S/C16H13F3N4/c1-23(11-8-6-10(20)7-9-11)14-12-4-2-3-5-13(12)21-15(22-14)16(17,18)19/h2-9H,20H2,1H3. The predicted molar refractivity (Wildman–Crippen MR) is 83.5 cm³/mol. The first kappa shape index (κ1) is 15.1. The molecule has 2 aromatic carbocycles. The SMILES string of the molecule is CN(c1ccc(N)cc1)c1nc(C(F)(F)F)nc2ccccc12. The first-order chi connectivity index (χ1) is 10.9. The number of nitrogens with two attached hydrogens (primary N) is 1. The molecule has 0 atom stereocenters. The van der Waals surface area contributed by atoms with Crippen molar-refractivity contribution in [1.29, 1.82) is 0 Å². The maximum Gasteiger partial charge on any atom is 0.451 e. The molecule has 1 aromatic heterocycles. The maximum atomic E-state index is 13.1. The van der Waals surface area contributed by atoms with Gasteiger partial charge in [0.05, 0.1) is 5.52 Å². The number of aromatic nitrogens is 2. The predicted octanol–water partition coefficient (Wildman–Crippen LogP) is 4.00. The average Bonchev–Trinajstić information content (AvgIpc) is 2.53. The van der Waals surface area contributed by atoms with Crippen molar-refractivity contribution in [3.8, 4) is 0 Å². The van der Waals surface area contributed by atoms with Gasteiger partial charge in [0, 0.05) is 23.8 Å². The minimum absolute atomic E-state index is 0.188. The number of rotatable bonds is 2. The summed E-state index contributed by atoms with van der Waals surface area (Å²) in [6.45, 7) is 0. The van der Waals surface area contributed by atoms with Gasteiger partial charge in [0.15, 0.2) is 0 Å². The summed E-state index contributed by atoms with van der Waals surface area (Å²) in [6, 6.07) is 13.4. The molecule has 0 saturated heterocycles. The van der Waals surface area contributed by atoms with E-state index < -0.39 is 12.0 Å². The molecule has 0 bridgehead atoms. The lowest BCUT2D eigenvalue weighted by molar-refractivity contribution is -0.144. The van der Waals surface area contributed by atoms with Gasteiger partial charge < -0.3 is 10.6 Å². The second-order valence-corrected chi connectivity index (χ2v) is 5.04. The van der Waals surface area contributed by atoms with Crippen LogP contribution in [0.5, 0.6) is 0 Å². The molecule has 0 aliphatic heterocycles. The second kappa shape index (κ2) is 5.42. The van der Waals surface area contributed by atoms with Crippen LogP contribution in [0, 0.1) is 0 Å². The van der Waals surface area contributed by atoms with Gasteiger partial charge in [-0.2, -0.15) is 13.2 Å². The smallest absolute Gasteiger partial charge is 0.399 e. The topological polar surface area (TPSA) is 55.0 Å². The molecule has 23 heavy (non-hydrogen) atoms.